The molecule has 2 atom stereocenters. The first-order valence-electron chi connectivity index (χ1n) is 6.35. The maximum absolute atomic E-state index is 5.19. The van der Waals surface area contributed by atoms with Gasteiger partial charge in [0.05, 0.1) is 7.11 Å². The van der Waals surface area contributed by atoms with Gasteiger partial charge in [-0.3, -0.25) is 0 Å². The number of hydrogen-bond donors (Lipinski definition) is 1. The maximum Gasteiger partial charge on any atom is 0.119 e. The quantitative estimate of drug-likeness (QED) is 0.849. The van der Waals surface area contributed by atoms with Crippen molar-refractivity contribution < 1.29 is 4.74 Å². The smallest absolute Gasteiger partial charge is 0.119 e. The topological polar surface area (TPSA) is 24.5 Å². The molecule has 1 N–H and O–H groups in total. The Morgan fingerprint density at radius 1 is 1.24 bits per heavy atom. The van der Waals surface area contributed by atoms with Crippen LogP contribution in [-0.2, 0) is 0 Å². The molecule has 1 aliphatic heterocycles. The highest BCUT2D eigenvalue weighted by atomic mass is 16.5. The largest absolute Gasteiger partial charge is 0.497 e. The SMILES string of the molecule is COc1ccc(N2CCC(C)NCC2C)cc1. The molecule has 1 aliphatic rings. The number of hydrogen-bond acceptors (Lipinski definition) is 3. The molecule has 0 bridgehead atoms. The van der Waals surface area contributed by atoms with Crippen LogP contribution in [0.15, 0.2) is 24.3 Å². The molecule has 3 nitrogen and oxygen atoms in total. The molecular formula is C14H22N2O. The normalized spacial score (nSPS) is 25.5. The van der Waals surface area contributed by atoms with Gasteiger partial charge in [0.2, 0.25) is 0 Å². The van der Waals surface area contributed by atoms with E-state index in [1.807, 2.05) is 12.1 Å². The van der Waals surface area contributed by atoms with Crippen LogP contribution in [0, 0.1) is 0 Å². The van der Waals surface area contributed by atoms with Crippen molar-refractivity contribution >= 4 is 5.69 Å². The van der Waals surface area contributed by atoms with Gasteiger partial charge < -0.3 is 15.0 Å². The van der Waals surface area contributed by atoms with Crippen molar-refractivity contribution in [2.75, 3.05) is 25.1 Å². The van der Waals surface area contributed by atoms with Gasteiger partial charge in [-0.25, -0.2) is 0 Å². The number of rotatable bonds is 2. The maximum atomic E-state index is 5.19. The third-order valence-electron chi connectivity index (χ3n) is 3.50. The summed E-state index contributed by atoms with van der Waals surface area (Å²) in [5.74, 6) is 0.919. The van der Waals surface area contributed by atoms with Crippen molar-refractivity contribution in [3.05, 3.63) is 24.3 Å². The summed E-state index contributed by atoms with van der Waals surface area (Å²) in [4.78, 5) is 2.47. The second-order valence-electron chi connectivity index (χ2n) is 4.84. The van der Waals surface area contributed by atoms with E-state index in [1.165, 1.54) is 12.1 Å². The molecule has 3 heteroatoms. The van der Waals surface area contributed by atoms with Crippen LogP contribution in [0.5, 0.6) is 5.75 Å². The number of nitrogens with zero attached hydrogens (tertiary/aromatic N) is 1. The fourth-order valence-electron chi connectivity index (χ4n) is 2.29. The lowest BCUT2D eigenvalue weighted by atomic mass is 10.2. The first-order chi connectivity index (χ1) is 8.20. The number of ether oxygens (including phenoxy) is 1. The minimum Gasteiger partial charge on any atom is -0.497 e. The van der Waals surface area contributed by atoms with E-state index in [4.69, 9.17) is 4.74 Å². The van der Waals surface area contributed by atoms with Crippen molar-refractivity contribution in [2.45, 2.75) is 32.4 Å². The zero-order valence-corrected chi connectivity index (χ0v) is 10.9. The molecule has 94 valence electrons. The Balaban J connectivity index is 2.13. The van der Waals surface area contributed by atoms with Crippen molar-refractivity contribution in [2.24, 2.45) is 0 Å². The standard InChI is InChI=1S/C14H22N2O/c1-11-8-9-16(12(2)10-15-11)13-4-6-14(17-3)7-5-13/h4-7,11-12,15H,8-10H2,1-3H3. The second-order valence-corrected chi connectivity index (χ2v) is 4.84. The predicted octanol–water partition coefficient (Wildman–Crippen LogP) is 2.27. The molecular weight excluding hydrogens is 212 g/mol. The number of benzene rings is 1. The van der Waals surface area contributed by atoms with Gasteiger partial charge in [-0.05, 0) is 44.5 Å². The first kappa shape index (κ1) is 12.2. The molecule has 0 aliphatic carbocycles. The zero-order chi connectivity index (χ0) is 12.3. The van der Waals surface area contributed by atoms with E-state index in [0.717, 1.165) is 18.8 Å². The summed E-state index contributed by atoms with van der Waals surface area (Å²) >= 11 is 0. The third-order valence-corrected chi connectivity index (χ3v) is 3.50. The summed E-state index contributed by atoms with van der Waals surface area (Å²) in [6.45, 7) is 6.69. The summed E-state index contributed by atoms with van der Waals surface area (Å²) in [5, 5.41) is 3.55. The van der Waals surface area contributed by atoms with Gasteiger partial charge in [0.15, 0.2) is 0 Å². The van der Waals surface area contributed by atoms with Crippen LogP contribution in [-0.4, -0.2) is 32.3 Å². The Labute approximate surface area is 104 Å². The van der Waals surface area contributed by atoms with Gasteiger partial charge in [-0.1, -0.05) is 0 Å². The molecule has 0 radical (unpaired) electrons. The van der Waals surface area contributed by atoms with E-state index in [-0.39, 0.29) is 0 Å². The highest BCUT2D eigenvalue weighted by Gasteiger charge is 2.19. The third kappa shape index (κ3) is 2.91. The number of methoxy groups -OCH3 is 1. The predicted molar refractivity (Wildman–Crippen MR) is 71.9 cm³/mol. The Hall–Kier alpha value is -1.22. The summed E-state index contributed by atoms with van der Waals surface area (Å²) < 4.78 is 5.19. The van der Waals surface area contributed by atoms with Crippen LogP contribution in [0.3, 0.4) is 0 Å². The van der Waals surface area contributed by atoms with Gasteiger partial charge in [-0.15, -0.1) is 0 Å². The highest BCUT2D eigenvalue weighted by molar-refractivity contribution is 5.50. The van der Waals surface area contributed by atoms with Gasteiger partial charge in [0.25, 0.3) is 0 Å². The van der Waals surface area contributed by atoms with Crippen molar-refractivity contribution in [3.8, 4) is 5.75 Å². The lowest BCUT2D eigenvalue weighted by Crippen LogP contribution is -2.37. The molecule has 0 saturated carbocycles. The molecule has 1 aromatic carbocycles. The minimum atomic E-state index is 0.536. The van der Waals surface area contributed by atoms with E-state index < -0.39 is 0 Å². The molecule has 1 aromatic rings. The Morgan fingerprint density at radius 3 is 2.59 bits per heavy atom. The van der Waals surface area contributed by atoms with Gasteiger partial charge >= 0.3 is 0 Å². The molecule has 17 heavy (non-hydrogen) atoms. The molecule has 1 saturated heterocycles. The highest BCUT2D eigenvalue weighted by Crippen LogP contribution is 2.22. The van der Waals surface area contributed by atoms with Gasteiger partial charge in [-0.2, -0.15) is 0 Å². The minimum absolute atomic E-state index is 0.536. The average molecular weight is 234 g/mol. The molecule has 2 unspecified atom stereocenters. The second kappa shape index (κ2) is 5.41. The monoisotopic (exact) mass is 234 g/mol. The molecule has 0 spiro atoms. The summed E-state index contributed by atoms with van der Waals surface area (Å²) in [7, 11) is 1.70. The van der Waals surface area contributed by atoms with E-state index in [1.54, 1.807) is 7.11 Å². The molecule has 0 aromatic heterocycles. The van der Waals surface area contributed by atoms with Crippen LogP contribution < -0.4 is 15.0 Å². The van der Waals surface area contributed by atoms with Crippen LogP contribution >= 0.6 is 0 Å². The summed E-state index contributed by atoms with van der Waals surface area (Å²) in [6.07, 6.45) is 1.19. The Kier molecular flexibility index (Phi) is 3.89. The average Bonchev–Trinajstić information content (AvgIpc) is 2.52. The number of anilines is 1. The van der Waals surface area contributed by atoms with E-state index >= 15 is 0 Å². The molecule has 2 rings (SSSR count). The van der Waals surface area contributed by atoms with Crippen LogP contribution in [0.1, 0.15) is 20.3 Å². The van der Waals surface area contributed by atoms with E-state index in [2.05, 4.69) is 36.2 Å². The van der Waals surface area contributed by atoms with Crippen LogP contribution in [0.2, 0.25) is 0 Å². The summed E-state index contributed by atoms with van der Waals surface area (Å²) in [6, 6.07) is 9.50. The Morgan fingerprint density at radius 2 is 1.94 bits per heavy atom. The summed E-state index contributed by atoms with van der Waals surface area (Å²) in [5.41, 5.74) is 1.29. The lowest BCUT2D eigenvalue weighted by Gasteiger charge is -2.29. The molecule has 0 amide bonds. The van der Waals surface area contributed by atoms with Gasteiger partial charge in [0.1, 0.15) is 5.75 Å². The van der Waals surface area contributed by atoms with Crippen molar-refractivity contribution in [1.29, 1.82) is 0 Å². The zero-order valence-electron chi connectivity index (χ0n) is 10.9. The Bertz CT molecular complexity index is 350. The van der Waals surface area contributed by atoms with Crippen molar-refractivity contribution in [1.82, 2.24) is 5.32 Å². The number of nitrogens with one attached hydrogen (secondary N) is 1. The van der Waals surface area contributed by atoms with E-state index in [9.17, 15) is 0 Å². The fourth-order valence-corrected chi connectivity index (χ4v) is 2.29. The van der Waals surface area contributed by atoms with E-state index in [0.29, 0.717) is 12.1 Å². The van der Waals surface area contributed by atoms with Gasteiger partial charge in [0, 0.05) is 30.9 Å². The fraction of sp³-hybridized carbons (Fsp3) is 0.571. The first-order valence-corrected chi connectivity index (χ1v) is 6.35. The van der Waals surface area contributed by atoms with Crippen molar-refractivity contribution in [3.63, 3.8) is 0 Å². The van der Waals surface area contributed by atoms with Crippen LogP contribution in [0.4, 0.5) is 5.69 Å². The lowest BCUT2D eigenvalue weighted by molar-refractivity contribution is 0.415. The van der Waals surface area contributed by atoms with Crippen LogP contribution in [0.25, 0.3) is 0 Å². The molecule has 1 heterocycles. The molecule has 1 fully saturated rings.